The Kier molecular flexibility index (Phi) is 2.71. The third kappa shape index (κ3) is 1.77. The summed E-state index contributed by atoms with van der Waals surface area (Å²) in [6.07, 6.45) is 2.75. The highest BCUT2D eigenvalue weighted by Gasteiger charge is 2.17. The number of hydrogen-bond acceptors (Lipinski definition) is 3. The molecule has 19 heavy (non-hydrogen) atoms. The van der Waals surface area contributed by atoms with Crippen molar-refractivity contribution in [2.75, 3.05) is 5.73 Å². The minimum atomic E-state index is 0.422. The number of nitrogens with zero attached hydrogens (tertiary/aromatic N) is 4. The molecular formula is C13H14ClN5. The van der Waals surface area contributed by atoms with Gasteiger partial charge in [0.25, 0.3) is 0 Å². The zero-order chi connectivity index (χ0) is 13.6. The van der Waals surface area contributed by atoms with Crippen LogP contribution in [0.1, 0.15) is 12.6 Å². The first kappa shape index (κ1) is 12.0. The second-order valence-corrected chi connectivity index (χ2v) is 4.81. The molecule has 0 saturated carbocycles. The van der Waals surface area contributed by atoms with Crippen LogP contribution in [0.5, 0.6) is 0 Å². The first-order valence-corrected chi connectivity index (χ1v) is 6.45. The van der Waals surface area contributed by atoms with E-state index in [0.29, 0.717) is 11.0 Å². The van der Waals surface area contributed by atoms with Gasteiger partial charge >= 0.3 is 0 Å². The lowest BCUT2D eigenvalue weighted by Gasteiger charge is -2.06. The molecule has 0 atom stereocenters. The summed E-state index contributed by atoms with van der Waals surface area (Å²) in [7, 11) is 1.89. The van der Waals surface area contributed by atoms with Crippen LogP contribution in [0.4, 0.5) is 5.95 Å². The average Bonchev–Trinajstić information content (AvgIpc) is 2.89. The van der Waals surface area contributed by atoms with E-state index < -0.39 is 0 Å². The molecule has 0 fully saturated rings. The molecular weight excluding hydrogens is 262 g/mol. The topological polar surface area (TPSA) is 61.7 Å². The Morgan fingerprint density at radius 2 is 2.16 bits per heavy atom. The van der Waals surface area contributed by atoms with Crippen molar-refractivity contribution in [1.29, 1.82) is 0 Å². The summed E-state index contributed by atoms with van der Waals surface area (Å²) in [4.78, 5) is 4.35. The molecule has 0 saturated heterocycles. The Morgan fingerprint density at radius 1 is 1.37 bits per heavy atom. The Morgan fingerprint density at radius 3 is 2.89 bits per heavy atom. The van der Waals surface area contributed by atoms with Gasteiger partial charge in [0.05, 0.1) is 27.4 Å². The maximum atomic E-state index is 6.28. The average molecular weight is 276 g/mol. The number of benzene rings is 1. The third-order valence-corrected chi connectivity index (χ3v) is 3.42. The van der Waals surface area contributed by atoms with Crippen LogP contribution in [0.2, 0.25) is 5.02 Å². The molecule has 1 aromatic carbocycles. The van der Waals surface area contributed by atoms with Crippen molar-refractivity contribution in [3.63, 3.8) is 0 Å². The van der Waals surface area contributed by atoms with E-state index in [4.69, 9.17) is 17.3 Å². The number of aromatic nitrogens is 4. The Labute approximate surface area is 115 Å². The van der Waals surface area contributed by atoms with Crippen molar-refractivity contribution in [2.24, 2.45) is 7.05 Å². The monoisotopic (exact) mass is 275 g/mol. The van der Waals surface area contributed by atoms with E-state index in [1.165, 1.54) is 0 Å². The molecule has 0 radical (unpaired) electrons. The smallest absolute Gasteiger partial charge is 0.206 e. The van der Waals surface area contributed by atoms with Gasteiger partial charge in [-0.15, -0.1) is 0 Å². The Hall–Kier alpha value is -2.01. The second kappa shape index (κ2) is 4.28. The molecule has 98 valence electrons. The molecule has 6 heteroatoms. The van der Waals surface area contributed by atoms with Gasteiger partial charge < -0.3 is 5.73 Å². The number of aryl methyl sites for hydroxylation is 2. The van der Waals surface area contributed by atoms with Gasteiger partial charge in [-0.2, -0.15) is 5.10 Å². The third-order valence-electron chi connectivity index (χ3n) is 3.11. The number of halogens is 1. The lowest BCUT2D eigenvalue weighted by molar-refractivity contribution is 0.746. The summed E-state index contributed by atoms with van der Waals surface area (Å²) in [6, 6.07) is 5.60. The number of para-hydroxylation sites is 1. The van der Waals surface area contributed by atoms with Gasteiger partial charge in [0.2, 0.25) is 5.95 Å². The van der Waals surface area contributed by atoms with Crippen LogP contribution in [0.15, 0.2) is 24.4 Å². The summed E-state index contributed by atoms with van der Waals surface area (Å²) in [5.74, 6) is 0.422. The number of nitrogen functional groups attached to an aromatic ring is 1. The summed E-state index contributed by atoms with van der Waals surface area (Å²) < 4.78 is 3.64. The van der Waals surface area contributed by atoms with Crippen LogP contribution in [0, 0.1) is 0 Å². The van der Waals surface area contributed by atoms with Gasteiger partial charge in [-0.05, 0) is 18.6 Å². The van der Waals surface area contributed by atoms with E-state index in [1.807, 2.05) is 36.0 Å². The number of rotatable bonds is 2. The largest absolute Gasteiger partial charge is 0.369 e. The van der Waals surface area contributed by atoms with Crippen molar-refractivity contribution < 1.29 is 0 Å². The zero-order valence-corrected chi connectivity index (χ0v) is 11.5. The highest BCUT2D eigenvalue weighted by atomic mass is 35.5. The molecule has 0 aliphatic heterocycles. The van der Waals surface area contributed by atoms with Crippen LogP contribution in [0.25, 0.3) is 16.7 Å². The van der Waals surface area contributed by atoms with Gasteiger partial charge in [0.15, 0.2) is 0 Å². The quantitative estimate of drug-likeness (QED) is 0.782. The molecule has 3 aromatic rings. The lowest BCUT2D eigenvalue weighted by atomic mass is 10.2. The Bertz CT molecular complexity index is 756. The van der Waals surface area contributed by atoms with E-state index >= 15 is 0 Å². The van der Waals surface area contributed by atoms with E-state index in [2.05, 4.69) is 17.0 Å². The summed E-state index contributed by atoms with van der Waals surface area (Å²) in [5.41, 5.74) is 9.55. The maximum absolute atomic E-state index is 6.28. The summed E-state index contributed by atoms with van der Waals surface area (Å²) >= 11 is 6.28. The number of fused-ring (bicyclic) bond motifs is 1. The first-order chi connectivity index (χ1) is 9.11. The fourth-order valence-electron chi connectivity index (χ4n) is 2.31. The predicted molar refractivity (Wildman–Crippen MR) is 76.6 cm³/mol. The van der Waals surface area contributed by atoms with E-state index in [9.17, 15) is 0 Å². The number of anilines is 1. The van der Waals surface area contributed by atoms with Gasteiger partial charge in [-0.3, -0.25) is 9.25 Å². The molecule has 5 nitrogen and oxygen atoms in total. The van der Waals surface area contributed by atoms with Gasteiger partial charge in [0.1, 0.15) is 0 Å². The zero-order valence-electron chi connectivity index (χ0n) is 10.8. The van der Waals surface area contributed by atoms with E-state index in [1.54, 1.807) is 4.68 Å². The van der Waals surface area contributed by atoms with Crippen molar-refractivity contribution in [2.45, 2.75) is 13.3 Å². The number of imidazole rings is 1. The minimum absolute atomic E-state index is 0.422. The Balaban J connectivity index is 2.38. The van der Waals surface area contributed by atoms with Gasteiger partial charge in [0, 0.05) is 13.2 Å². The normalized spacial score (nSPS) is 11.3. The van der Waals surface area contributed by atoms with Crippen LogP contribution in [-0.2, 0) is 13.5 Å². The minimum Gasteiger partial charge on any atom is -0.369 e. The predicted octanol–water partition coefficient (Wildman–Crippen LogP) is 2.56. The molecule has 2 aromatic heterocycles. The van der Waals surface area contributed by atoms with Crippen LogP contribution >= 0.6 is 11.6 Å². The van der Waals surface area contributed by atoms with Gasteiger partial charge in [-0.25, -0.2) is 4.98 Å². The van der Waals surface area contributed by atoms with Crippen molar-refractivity contribution in [3.8, 4) is 5.69 Å². The van der Waals surface area contributed by atoms with Crippen LogP contribution < -0.4 is 5.73 Å². The molecule has 0 bridgehead atoms. The molecule has 0 amide bonds. The number of nitrogens with two attached hydrogens (primary N) is 1. The molecule has 2 heterocycles. The van der Waals surface area contributed by atoms with E-state index in [0.717, 1.165) is 28.8 Å². The lowest BCUT2D eigenvalue weighted by Crippen LogP contribution is -2.02. The number of hydrogen-bond donors (Lipinski definition) is 1. The van der Waals surface area contributed by atoms with Crippen molar-refractivity contribution >= 4 is 28.6 Å². The van der Waals surface area contributed by atoms with Crippen LogP contribution in [0.3, 0.4) is 0 Å². The highest BCUT2D eigenvalue weighted by Crippen LogP contribution is 2.30. The van der Waals surface area contributed by atoms with Crippen molar-refractivity contribution in [1.82, 2.24) is 19.3 Å². The first-order valence-electron chi connectivity index (χ1n) is 6.07. The highest BCUT2D eigenvalue weighted by molar-refractivity contribution is 6.35. The summed E-state index contributed by atoms with van der Waals surface area (Å²) in [5, 5.41) is 5.06. The van der Waals surface area contributed by atoms with Gasteiger partial charge in [-0.1, -0.05) is 24.6 Å². The van der Waals surface area contributed by atoms with Crippen LogP contribution in [-0.4, -0.2) is 19.3 Å². The molecule has 0 aliphatic carbocycles. The standard InChI is InChI=1S/C13H14ClN5/c1-3-9-11(7-18(2)17-9)19-12-8(14)5-4-6-10(12)16-13(19)15/h4-7H,3H2,1-2H3,(H2,15,16). The molecule has 2 N–H and O–H groups in total. The maximum Gasteiger partial charge on any atom is 0.206 e. The SMILES string of the molecule is CCc1nn(C)cc1-n1c(N)nc2cccc(Cl)c21. The second-order valence-electron chi connectivity index (χ2n) is 4.40. The molecule has 0 aliphatic rings. The fraction of sp³-hybridized carbons (Fsp3) is 0.231. The molecule has 0 unspecified atom stereocenters. The van der Waals surface area contributed by atoms with Crippen molar-refractivity contribution in [3.05, 3.63) is 35.1 Å². The fourth-order valence-corrected chi connectivity index (χ4v) is 2.56. The summed E-state index contributed by atoms with van der Waals surface area (Å²) in [6.45, 7) is 2.06. The molecule has 3 rings (SSSR count). The van der Waals surface area contributed by atoms with E-state index in [-0.39, 0.29) is 0 Å². The molecule has 0 spiro atoms.